The van der Waals surface area contributed by atoms with Crippen molar-refractivity contribution < 1.29 is 32.6 Å². The Bertz CT molecular complexity index is 874. The largest absolute Gasteiger partial charge is 0.465 e. The third-order valence-corrected chi connectivity index (χ3v) is 5.25. The average Bonchev–Trinajstić information content (AvgIpc) is 2.69. The second-order valence-electron chi connectivity index (χ2n) is 7.24. The molecular formula is C20H21F4N3O3. The van der Waals surface area contributed by atoms with Gasteiger partial charge in [0.15, 0.2) is 0 Å². The molecule has 2 aromatic rings. The van der Waals surface area contributed by atoms with Gasteiger partial charge in [-0.2, -0.15) is 13.2 Å². The van der Waals surface area contributed by atoms with Gasteiger partial charge in [0.2, 0.25) is 0 Å². The summed E-state index contributed by atoms with van der Waals surface area (Å²) >= 11 is 0. The molecule has 1 aromatic heterocycles. The normalized spacial score (nSPS) is 21.5. The summed E-state index contributed by atoms with van der Waals surface area (Å²) in [6.07, 6.45) is -4.92. The molecule has 1 saturated heterocycles. The molecule has 1 aliphatic heterocycles. The van der Waals surface area contributed by atoms with E-state index < -0.39 is 41.8 Å². The number of carbonyl (C=O) groups is 1. The van der Waals surface area contributed by atoms with E-state index in [1.54, 1.807) is 11.8 Å². The summed E-state index contributed by atoms with van der Waals surface area (Å²) in [7, 11) is 0. The maximum absolute atomic E-state index is 13.5. The van der Waals surface area contributed by atoms with Crippen molar-refractivity contribution in [3.8, 4) is 0 Å². The SMILES string of the molecule is C[C@H]1CN(C(c2ccc(F)cc2)c2ccc(C(F)(F)F)cn2)[C@H](CO)CN1C(=O)O. The van der Waals surface area contributed by atoms with Crippen LogP contribution in [0.3, 0.4) is 0 Å². The van der Waals surface area contributed by atoms with E-state index in [0.717, 1.165) is 12.3 Å². The Morgan fingerprint density at radius 1 is 1.20 bits per heavy atom. The monoisotopic (exact) mass is 427 g/mol. The Morgan fingerprint density at radius 3 is 2.37 bits per heavy atom. The van der Waals surface area contributed by atoms with Gasteiger partial charge in [-0.3, -0.25) is 9.88 Å². The van der Waals surface area contributed by atoms with Crippen LogP contribution in [0.15, 0.2) is 42.6 Å². The van der Waals surface area contributed by atoms with Gasteiger partial charge in [-0.15, -0.1) is 0 Å². The standard InChI is InChI=1S/C20H21F4N3O3/c1-12-9-27(16(11-28)10-26(12)19(29)30)18(13-2-5-15(21)6-3-13)17-7-4-14(8-25-17)20(22,23)24/h2-8,12,16,18,28H,9-11H2,1H3,(H,29,30)/t12-,16-,18?/m0/s1. The summed E-state index contributed by atoms with van der Waals surface area (Å²) in [6.45, 7) is 1.57. The Balaban J connectivity index is 2.03. The van der Waals surface area contributed by atoms with Crippen LogP contribution in [-0.2, 0) is 6.18 Å². The minimum absolute atomic E-state index is 0.0192. The number of rotatable bonds is 4. The Kier molecular flexibility index (Phi) is 6.27. The van der Waals surface area contributed by atoms with Gasteiger partial charge < -0.3 is 15.1 Å². The number of pyridine rings is 1. The van der Waals surface area contributed by atoms with Crippen LogP contribution >= 0.6 is 0 Å². The quantitative estimate of drug-likeness (QED) is 0.732. The van der Waals surface area contributed by atoms with Crippen molar-refractivity contribution in [1.29, 1.82) is 0 Å². The number of alkyl halides is 3. The molecule has 3 atom stereocenters. The first-order valence-electron chi connectivity index (χ1n) is 9.26. The summed E-state index contributed by atoms with van der Waals surface area (Å²) in [4.78, 5) is 18.5. The molecule has 0 radical (unpaired) electrons. The number of benzene rings is 1. The van der Waals surface area contributed by atoms with E-state index in [2.05, 4.69) is 4.98 Å². The minimum Gasteiger partial charge on any atom is -0.465 e. The molecule has 0 aliphatic carbocycles. The summed E-state index contributed by atoms with van der Waals surface area (Å²) in [5, 5.41) is 19.3. The predicted octanol–water partition coefficient (Wildman–Crippen LogP) is 3.37. The molecule has 1 aromatic carbocycles. The van der Waals surface area contributed by atoms with Gasteiger partial charge in [0.1, 0.15) is 5.82 Å². The number of amides is 1. The van der Waals surface area contributed by atoms with Gasteiger partial charge in [0.25, 0.3) is 0 Å². The van der Waals surface area contributed by atoms with Crippen LogP contribution in [0.5, 0.6) is 0 Å². The molecule has 1 aliphatic rings. The fraction of sp³-hybridized carbons (Fsp3) is 0.400. The number of carboxylic acid groups (broad SMARTS) is 1. The lowest BCUT2D eigenvalue weighted by atomic mass is 9.96. The predicted molar refractivity (Wildman–Crippen MR) is 99.3 cm³/mol. The van der Waals surface area contributed by atoms with E-state index in [0.29, 0.717) is 5.56 Å². The van der Waals surface area contributed by atoms with Gasteiger partial charge in [0.05, 0.1) is 29.9 Å². The van der Waals surface area contributed by atoms with Gasteiger partial charge in [-0.25, -0.2) is 9.18 Å². The highest BCUT2D eigenvalue weighted by molar-refractivity contribution is 5.65. The minimum atomic E-state index is -4.54. The number of piperazine rings is 1. The van der Waals surface area contributed by atoms with Crippen LogP contribution in [-0.4, -0.2) is 62.9 Å². The molecule has 0 saturated carbocycles. The van der Waals surface area contributed by atoms with Gasteiger partial charge in [0, 0.05) is 25.3 Å². The van der Waals surface area contributed by atoms with Crippen molar-refractivity contribution in [2.75, 3.05) is 19.7 Å². The first-order valence-corrected chi connectivity index (χ1v) is 9.26. The molecule has 0 bridgehead atoms. The molecule has 0 spiro atoms. The highest BCUT2D eigenvalue weighted by Crippen LogP contribution is 2.34. The first kappa shape index (κ1) is 22.0. The second-order valence-corrected chi connectivity index (χ2v) is 7.24. The van der Waals surface area contributed by atoms with Crippen LogP contribution in [0.4, 0.5) is 22.4 Å². The van der Waals surface area contributed by atoms with Crippen LogP contribution < -0.4 is 0 Å². The summed E-state index contributed by atoms with van der Waals surface area (Å²) < 4.78 is 52.3. The van der Waals surface area contributed by atoms with E-state index in [4.69, 9.17) is 0 Å². The number of hydrogen-bond donors (Lipinski definition) is 2. The molecular weight excluding hydrogens is 406 g/mol. The number of nitrogens with zero attached hydrogens (tertiary/aromatic N) is 3. The Labute approximate surface area is 170 Å². The Morgan fingerprint density at radius 2 is 1.87 bits per heavy atom. The Hall–Kier alpha value is -2.72. The average molecular weight is 427 g/mol. The second kappa shape index (κ2) is 8.57. The first-order chi connectivity index (χ1) is 14.1. The van der Waals surface area contributed by atoms with Gasteiger partial charge in [-0.05, 0) is 36.8 Å². The summed E-state index contributed by atoms with van der Waals surface area (Å²) in [5.41, 5.74) is -0.0472. The number of aliphatic hydroxyl groups is 1. The molecule has 30 heavy (non-hydrogen) atoms. The van der Waals surface area contributed by atoms with Crippen LogP contribution in [0.2, 0.25) is 0 Å². The molecule has 6 nitrogen and oxygen atoms in total. The third kappa shape index (κ3) is 4.54. The van der Waals surface area contributed by atoms with E-state index in [-0.39, 0.29) is 25.4 Å². The highest BCUT2D eigenvalue weighted by Gasteiger charge is 2.39. The molecule has 162 valence electrons. The molecule has 3 rings (SSSR count). The molecule has 1 fully saturated rings. The lowest BCUT2D eigenvalue weighted by molar-refractivity contribution is -0.137. The van der Waals surface area contributed by atoms with Crippen molar-refractivity contribution in [3.05, 3.63) is 65.2 Å². The smallest absolute Gasteiger partial charge is 0.417 e. The van der Waals surface area contributed by atoms with Crippen molar-refractivity contribution in [1.82, 2.24) is 14.8 Å². The van der Waals surface area contributed by atoms with Crippen LogP contribution in [0.25, 0.3) is 0 Å². The number of aliphatic hydroxyl groups excluding tert-OH is 1. The fourth-order valence-corrected chi connectivity index (χ4v) is 3.72. The van der Waals surface area contributed by atoms with E-state index in [1.165, 1.54) is 35.2 Å². The van der Waals surface area contributed by atoms with Crippen LogP contribution in [0, 0.1) is 5.82 Å². The van der Waals surface area contributed by atoms with Crippen molar-refractivity contribution >= 4 is 6.09 Å². The topological polar surface area (TPSA) is 76.9 Å². The van der Waals surface area contributed by atoms with Crippen molar-refractivity contribution in [2.24, 2.45) is 0 Å². The number of aromatic nitrogens is 1. The molecule has 2 heterocycles. The molecule has 10 heteroatoms. The number of halogens is 4. The lowest BCUT2D eigenvalue weighted by Gasteiger charge is -2.46. The van der Waals surface area contributed by atoms with E-state index >= 15 is 0 Å². The fourth-order valence-electron chi connectivity index (χ4n) is 3.72. The summed E-state index contributed by atoms with van der Waals surface area (Å²) in [6, 6.07) is 5.91. The third-order valence-electron chi connectivity index (χ3n) is 5.25. The maximum Gasteiger partial charge on any atom is 0.417 e. The maximum atomic E-state index is 13.5. The van der Waals surface area contributed by atoms with E-state index in [9.17, 15) is 32.6 Å². The number of hydrogen-bond acceptors (Lipinski definition) is 4. The zero-order valence-corrected chi connectivity index (χ0v) is 16.1. The van der Waals surface area contributed by atoms with Crippen molar-refractivity contribution in [2.45, 2.75) is 31.2 Å². The van der Waals surface area contributed by atoms with Gasteiger partial charge >= 0.3 is 12.3 Å². The zero-order valence-electron chi connectivity index (χ0n) is 16.1. The summed E-state index contributed by atoms with van der Waals surface area (Å²) in [5.74, 6) is -0.472. The lowest BCUT2D eigenvalue weighted by Crippen LogP contribution is -2.60. The van der Waals surface area contributed by atoms with Crippen LogP contribution in [0.1, 0.15) is 29.8 Å². The molecule has 1 unspecified atom stereocenters. The molecule has 2 N–H and O–H groups in total. The highest BCUT2D eigenvalue weighted by atomic mass is 19.4. The zero-order chi connectivity index (χ0) is 22.1. The van der Waals surface area contributed by atoms with Crippen molar-refractivity contribution in [3.63, 3.8) is 0 Å². The van der Waals surface area contributed by atoms with Gasteiger partial charge in [-0.1, -0.05) is 12.1 Å². The van der Waals surface area contributed by atoms with E-state index in [1.807, 2.05) is 0 Å². The molecule has 1 amide bonds.